The minimum Gasteiger partial charge on any atom is -0.399 e. The van der Waals surface area contributed by atoms with Crippen LogP contribution in [0.4, 0.5) is 11.4 Å². The lowest BCUT2D eigenvalue weighted by molar-refractivity contribution is 0.103. The van der Waals surface area contributed by atoms with Gasteiger partial charge in [-0.25, -0.2) is 0 Å². The fourth-order valence-corrected chi connectivity index (χ4v) is 2.77. The van der Waals surface area contributed by atoms with Gasteiger partial charge in [-0.3, -0.25) is 4.79 Å². The van der Waals surface area contributed by atoms with Crippen molar-refractivity contribution in [1.29, 1.82) is 0 Å². The Balaban J connectivity index is 2.26. The van der Waals surface area contributed by atoms with Crippen molar-refractivity contribution in [3.8, 4) is 0 Å². The van der Waals surface area contributed by atoms with Gasteiger partial charge in [-0.15, -0.1) is 11.3 Å². The van der Waals surface area contributed by atoms with Gasteiger partial charge in [0.15, 0.2) is 0 Å². The van der Waals surface area contributed by atoms with E-state index in [-0.39, 0.29) is 5.91 Å². The van der Waals surface area contributed by atoms with Crippen molar-refractivity contribution in [1.82, 2.24) is 0 Å². The highest BCUT2D eigenvalue weighted by molar-refractivity contribution is 7.14. The maximum Gasteiger partial charge on any atom is 0.265 e. The van der Waals surface area contributed by atoms with Gasteiger partial charge >= 0.3 is 0 Å². The molecule has 4 heteroatoms. The van der Waals surface area contributed by atoms with E-state index in [1.54, 1.807) is 0 Å². The Kier molecular flexibility index (Phi) is 3.62. The monoisotopic (exact) mass is 274 g/mol. The molecule has 1 amide bonds. The summed E-state index contributed by atoms with van der Waals surface area (Å²) < 4.78 is 0. The summed E-state index contributed by atoms with van der Waals surface area (Å²) in [7, 11) is 0. The quantitative estimate of drug-likeness (QED) is 0.818. The SMILES string of the molecule is Cc1cc(NC(=O)c2cc(C)c(C)s2)c(C)cc1N. The van der Waals surface area contributed by atoms with E-state index in [4.69, 9.17) is 5.73 Å². The Labute approximate surface area is 117 Å². The van der Waals surface area contributed by atoms with Crippen LogP contribution >= 0.6 is 11.3 Å². The van der Waals surface area contributed by atoms with Gasteiger partial charge < -0.3 is 11.1 Å². The first-order chi connectivity index (χ1) is 8.88. The maximum absolute atomic E-state index is 12.2. The molecule has 0 fully saturated rings. The molecule has 0 aliphatic heterocycles. The van der Waals surface area contributed by atoms with Crippen LogP contribution in [0.5, 0.6) is 0 Å². The summed E-state index contributed by atoms with van der Waals surface area (Å²) in [6.45, 7) is 7.91. The lowest BCUT2D eigenvalue weighted by Crippen LogP contribution is -2.11. The summed E-state index contributed by atoms with van der Waals surface area (Å²) in [6.07, 6.45) is 0. The number of rotatable bonds is 2. The van der Waals surface area contributed by atoms with Crippen LogP contribution < -0.4 is 11.1 Å². The molecule has 2 aromatic rings. The zero-order valence-electron chi connectivity index (χ0n) is 11.6. The number of carbonyl (C=O) groups is 1. The molecule has 1 aromatic carbocycles. The van der Waals surface area contributed by atoms with E-state index in [0.29, 0.717) is 0 Å². The van der Waals surface area contributed by atoms with Crippen LogP contribution in [-0.2, 0) is 0 Å². The van der Waals surface area contributed by atoms with Crippen LogP contribution in [0.25, 0.3) is 0 Å². The second-order valence-corrected chi connectivity index (χ2v) is 6.08. The van der Waals surface area contributed by atoms with Crippen molar-refractivity contribution in [2.24, 2.45) is 0 Å². The first kappa shape index (κ1) is 13.6. The lowest BCUT2D eigenvalue weighted by Gasteiger charge is -2.10. The highest BCUT2D eigenvalue weighted by atomic mass is 32.1. The van der Waals surface area contributed by atoms with Gasteiger partial charge in [0, 0.05) is 16.3 Å². The predicted molar refractivity (Wildman–Crippen MR) is 82.1 cm³/mol. The van der Waals surface area contributed by atoms with Crippen molar-refractivity contribution in [3.63, 3.8) is 0 Å². The van der Waals surface area contributed by atoms with E-state index < -0.39 is 0 Å². The van der Waals surface area contributed by atoms with Gasteiger partial charge in [0.2, 0.25) is 0 Å². The van der Waals surface area contributed by atoms with Crippen molar-refractivity contribution in [3.05, 3.63) is 44.6 Å². The Hall–Kier alpha value is -1.81. The van der Waals surface area contributed by atoms with Crippen molar-refractivity contribution in [2.45, 2.75) is 27.7 Å². The van der Waals surface area contributed by atoms with E-state index in [0.717, 1.165) is 32.9 Å². The van der Waals surface area contributed by atoms with Gasteiger partial charge in [-0.2, -0.15) is 0 Å². The Morgan fingerprint density at radius 3 is 2.32 bits per heavy atom. The van der Waals surface area contributed by atoms with Gasteiger partial charge in [0.05, 0.1) is 4.88 Å². The number of aryl methyl sites for hydroxylation is 4. The third-order valence-corrected chi connectivity index (χ3v) is 4.40. The minimum absolute atomic E-state index is 0.0616. The number of amides is 1. The first-order valence-electron chi connectivity index (χ1n) is 6.13. The average Bonchev–Trinajstić information content (AvgIpc) is 2.67. The number of nitrogen functional groups attached to an aromatic ring is 1. The summed E-state index contributed by atoms with van der Waals surface area (Å²) >= 11 is 1.52. The number of thiophene rings is 1. The van der Waals surface area contributed by atoms with Gasteiger partial charge in [0.1, 0.15) is 0 Å². The molecule has 0 aliphatic rings. The predicted octanol–water partition coefficient (Wildman–Crippen LogP) is 3.82. The second-order valence-electron chi connectivity index (χ2n) is 4.83. The highest BCUT2D eigenvalue weighted by Crippen LogP contribution is 2.25. The molecular weight excluding hydrogens is 256 g/mol. The molecule has 0 bridgehead atoms. The van der Waals surface area contributed by atoms with E-state index in [9.17, 15) is 4.79 Å². The zero-order chi connectivity index (χ0) is 14.2. The van der Waals surface area contributed by atoms with Crippen LogP contribution in [0.2, 0.25) is 0 Å². The van der Waals surface area contributed by atoms with Crippen molar-refractivity contribution < 1.29 is 4.79 Å². The molecule has 100 valence electrons. The number of hydrogen-bond acceptors (Lipinski definition) is 3. The number of hydrogen-bond donors (Lipinski definition) is 2. The average molecular weight is 274 g/mol. The molecule has 3 N–H and O–H groups in total. The molecule has 1 heterocycles. The zero-order valence-corrected chi connectivity index (χ0v) is 12.4. The maximum atomic E-state index is 12.2. The molecule has 0 aliphatic carbocycles. The Morgan fingerprint density at radius 1 is 1.05 bits per heavy atom. The van der Waals surface area contributed by atoms with E-state index in [2.05, 4.69) is 5.32 Å². The molecule has 0 unspecified atom stereocenters. The Bertz CT molecular complexity index is 624. The minimum atomic E-state index is -0.0616. The molecule has 1 aromatic heterocycles. The van der Waals surface area contributed by atoms with Gasteiger partial charge in [-0.1, -0.05) is 0 Å². The molecule has 2 rings (SSSR count). The van der Waals surface area contributed by atoms with Crippen molar-refractivity contribution >= 4 is 28.6 Å². The number of nitrogens with two attached hydrogens (primary N) is 1. The summed E-state index contributed by atoms with van der Waals surface area (Å²) in [6, 6.07) is 5.72. The second kappa shape index (κ2) is 5.05. The molecule has 0 spiro atoms. The highest BCUT2D eigenvalue weighted by Gasteiger charge is 2.12. The fraction of sp³-hybridized carbons (Fsp3) is 0.267. The van der Waals surface area contributed by atoms with E-state index in [1.165, 1.54) is 16.2 Å². The normalized spacial score (nSPS) is 10.5. The standard InChI is InChI=1S/C15H18N2OS/c1-8-7-14(19-11(8)4)15(18)17-13-6-9(2)12(16)5-10(13)3/h5-7H,16H2,1-4H3,(H,17,18). The lowest BCUT2D eigenvalue weighted by atomic mass is 10.1. The number of carbonyl (C=O) groups excluding carboxylic acids is 1. The number of nitrogens with one attached hydrogen (secondary N) is 1. The molecule has 3 nitrogen and oxygen atoms in total. The van der Waals surface area contributed by atoms with Crippen LogP contribution in [0.1, 0.15) is 31.2 Å². The Morgan fingerprint density at radius 2 is 1.74 bits per heavy atom. The largest absolute Gasteiger partial charge is 0.399 e. The van der Waals surface area contributed by atoms with Crippen LogP contribution in [-0.4, -0.2) is 5.91 Å². The summed E-state index contributed by atoms with van der Waals surface area (Å²) in [4.78, 5) is 14.1. The number of benzene rings is 1. The molecule has 0 saturated carbocycles. The third-order valence-electron chi connectivity index (χ3n) is 3.25. The summed E-state index contributed by atoms with van der Waals surface area (Å²) in [5, 5.41) is 2.95. The van der Waals surface area contributed by atoms with Gasteiger partial charge in [0.25, 0.3) is 5.91 Å². The van der Waals surface area contributed by atoms with Crippen molar-refractivity contribution in [2.75, 3.05) is 11.1 Å². The van der Waals surface area contributed by atoms with Gasteiger partial charge in [-0.05, 0) is 62.6 Å². The third kappa shape index (κ3) is 2.79. The van der Waals surface area contributed by atoms with Crippen LogP contribution in [0.3, 0.4) is 0 Å². The summed E-state index contributed by atoms with van der Waals surface area (Å²) in [5.74, 6) is -0.0616. The smallest absolute Gasteiger partial charge is 0.265 e. The van der Waals surface area contributed by atoms with E-state index in [1.807, 2.05) is 45.9 Å². The molecule has 0 atom stereocenters. The summed E-state index contributed by atoms with van der Waals surface area (Å²) in [5.41, 5.74) is 10.5. The first-order valence-corrected chi connectivity index (χ1v) is 6.95. The van der Waals surface area contributed by atoms with Crippen LogP contribution in [0, 0.1) is 27.7 Å². The molecule has 0 saturated heterocycles. The number of anilines is 2. The van der Waals surface area contributed by atoms with Crippen LogP contribution in [0.15, 0.2) is 18.2 Å². The topological polar surface area (TPSA) is 55.1 Å². The molecular formula is C15H18N2OS. The molecule has 19 heavy (non-hydrogen) atoms. The molecule has 0 radical (unpaired) electrons. The van der Waals surface area contributed by atoms with E-state index >= 15 is 0 Å². The fourth-order valence-electron chi connectivity index (χ4n) is 1.84.